The Bertz CT molecular complexity index is 409. The predicted octanol–water partition coefficient (Wildman–Crippen LogP) is 0.920. The van der Waals surface area contributed by atoms with Crippen LogP contribution in [0.3, 0.4) is 0 Å². The Morgan fingerprint density at radius 2 is 2.20 bits per heavy atom. The molecule has 1 aliphatic carbocycles. The minimum atomic E-state index is 0.0981. The van der Waals surface area contributed by atoms with E-state index in [1.165, 1.54) is 11.3 Å². The van der Waals surface area contributed by atoms with Crippen molar-refractivity contribution in [2.24, 2.45) is 5.73 Å². The van der Waals surface area contributed by atoms with Gasteiger partial charge in [0, 0.05) is 19.8 Å². The number of nitrogens with one attached hydrogen (secondary N) is 1. The molecule has 4 heteroatoms. The van der Waals surface area contributed by atoms with Gasteiger partial charge in [-0.25, -0.2) is 4.98 Å². The van der Waals surface area contributed by atoms with Crippen molar-refractivity contribution in [2.75, 3.05) is 19.0 Å². The van der Waals surface area contributed by atoms with E-state index in [9.17, 15) is 0 Å². The normalized spacial score (nSPS) is 13.7. The smallest absolute Gasteiger partial charge is 0.139 e. The molecule has 1 aromatic rings. The summed E-state index contributed by atoms with van der Waals surface area (Å²) in [6.45, 7) is 0. The van der Waals surface area contributed by atoms with Gasteiger partial charge in [0.25, 0.3) is 0 Å². The van der Waals surface area contributed by atoms with Crippen LogP contribution < -0.4 is 10.6 Å². The summed E-state index contributed by atoms with van der Waals surface area (Å²) in [6, 6.07) is 2.02. The first-order chi connectivity index (χ1) is 7.09. The van der Waals surface area contributed by atoms with Crippen molar-refractivity contribution in [1.29, 1.82) is 5.41 Å². The third-order valence-electron chi connectivity index (χ3n) is 2.74. The molecule has 0 radical (unpaired) electrons. The first kappa shape index (κ1) is 9.96. The Balaban J connectivity index is 2.57. The summed E-state index contributed by atoms with van der Waals surface area (Å²) in [5, 5.41) is 7.54. The summed E-state index contributed by atoms with van der Waals surface area (Å²) in [5.41, 5.74) is 8.74. The zero-order valence-corrected chi connectivity index (χ0v) is 9.17. The summed E-state index contributed by atoms with van der Waals surface area (Å²) < 4.78 is 0. The highest BCUT2D eigenvalue weighted by atomic mass is 15.1. The van der Waals surface area contributed by atoms with Crippen LogP contribution in [0.5, 0.6) is 0 Å². The van der Waals surface area contributed by atoms with E-state index in [1.54, 1.807) is 0 Å². The molecule has 15 heavy (non-hydrogen) atoms. The van der Waals surface area contributed by atoms with Gasteiger partial charge in [0.05, 0.1) is 5.56 Å². The minimum Gasteiger partial charge on any atom is -0.384 e. The average molecular weight is 204 g/mol. The SMILES string of the molecule is CN(C)c1nc2c(cc1C(=N)N)CCC2. The number of nitrogen functional groups attached to an aromatic ring is 1. The number of fused-ring (bicyclic) bond motifs is 1. The average Bonchev–Trinajstić information content (AvgIpc) is 2.61. The van der Waals surface area contributed by atoms with Crippen molar-refractivity contribution in [3.05, 3.63) is 22.9 Å². The molecular weight excluding hydrogens is 188 g/mol. The third-order valence-corrected chi connectivity index (χ3v) is 2.74. The molecule has 0 aliphatic heterocycles. The van der Waals surface area contributed by atoms with Crippen molar-refractivity contribution in [1.82, 2.24) is 4.98 Å². The predicted molar refractivity (Wildman–Crippen MR) is 61.6 cm³/mol. The Morgan fingerprint density at radius 1 is 1.47 bits per heavy atom. The van der Waals surface area contributed by atoms with E-state index in [4.69, 9.17) is 11.1 Å². The number of hydrogen-bond acceptors (Lipinski definition) is 3. The summed E-state index contributed by atoms with van der Waals surface area (Å²) in [7, 11) is 3.85. The number of pyridine rings is 1. The molecule has 0 atom stereocenters. The molecule has 1 aliphatic rings. The number of rotatable bonds is 2. The van der Waals surface area contributed by atoms with Crippen molar-refractivity contribution < 1.29 is 0 Å². The summed E-state index contributed by atoms with van der Waals surface area (Å²) >= 11 is 0. The fraction of sp³-hybridized carbons (Fsp3) is 0.455. The molecule has 1 heterocycles. The maximum Gasteiger partial charge on any atom is 0.139 e. The van der Waals surface area contributed by atoms with E-state index >= 15 is 0 Å². The van der Waals surface area contributed by atoms with E-state index in [0.717, 1.165) is 30.6 Å². The highest BCUT2D eigenvalue weighted by Gasteiger charge is 2.18. The van der Waals surface area contributed by atoms with Gasteiger partial charge in [-0.15, -0.1) is 0 Å². The van der Waals surface area contributed by atoms with Gasteiger partial charge < -0.3 is 10.6 Å². The minimum absolute atomic E-state index is 0.0981. The van der Waals surface area contributed by atoms with Gasteiger partial charge in [0.2, 0.25) is 0 Å². The second-order valence-corrected chi connectivity index (χ2v) is 4.13. The molecule has 0 spiro atoms. The number of hydrogen-bond donors (Lipinski definition) is 2. The first-order valence-corrected chi connectivity index (χ1v) is 5.14. The van der Waals surface area contributed by atoms with Crippen LogP contribution >= 0.6 is 0 Å². The van der Waals surface area contributed by atoms with E-state index in [1.807, 2.05) is 25.1 Å². The van der Waals surface area contributed by atoms with Crippen LogP contribution in [-0.2, 0) is 12.8 Å². The molecular formula is C11H16N4. The van der Waals surface area contributed by atoms with Crippen molar-refractivity contribution in [3.8, 4) is 0 Å². The number of amidine groups is 1. The van der Waals surface area contributed by atoms with Crippen LogP contribution in [0.15, 0.2) is 6.07 Å². The molecule has 80 valence electrons. The lowest BCUT2D eigenvalue weighted by Crippen LogP contribution is -2.21. The number of aryl methyl sites for hydroxylation is 2. The van der Waals surface area contributed by atoms with Gasteiger partial charge in [-0.3, -0.25) is 5.41 Å². The van der Waals surface area contributed by atoms with Crippen molar-refractivity contribution in [2.45, 2.75) is 19.3 Å². The summed E-state index contributed by atoms with van der Waals surface area (Å²) in [6.07, 6.45) is 3.28. The second kappa shape index (κ2) is 3.53. The van der Waals surface area contributed by atoms with Gasteiger partial charge in [-0.2, -0.15) is 0 Å². The Kier molecular flexibility index (Phi) is 2.34. The zero-order chi connectivity index (χ0) is 11.0. The lowest BCUT2D eigenvalue weighted by Gasteiger charge is -2.17. The molecule has 1 aromatic heterocycles. The Labute approximate surface area is 89.6 Å². The van der Waals surface area contributed by atoms with E-state index in [0.29, 0.717) is 0 Å². The standard InChI is InChI=1S/C11H16N4/c1-15(2)11-8(10(12)13)6-7-4-3-5-9(7)14-11/h6H,3-5H2,1-2H3,(H3,12,13). The highest BCUT2D eigenvalue weighted by Crippen LogP contribution is 2.26. The summed E-state index contributed by atoms with van der Waals surface area (Å²) in [5.74, 6) is 0.907. The quantitative estimate of drug-likeness (QED) is 0.556. The molecule has 0 saturated heterocycles. The number of nitrogens with zero attached hydrogens (tertiary/aromatic N) is 2. The van der Waals surface area contributed by atoms with Crippen LogP contribution in [0.4, 0.5) is 5.82 Å². The van der Waals surface area contributed by atoms with Crippen molar-refractivity contribution in [3.63, 3.8) is 0 Å². The number of nitrogens with two attached hydrogens (primary N) is 1. The summed E-state index contributed by atoms with van der Waals surface area (Å²) in [4.78, 5) is 6.49. The number of anilines is 1. The van der Waals surface area contributed by atoms with Crippen LogP contribution in [0.25, 0.3) is 0 Å². The molecule has 0 bridgehead atoms. The zero-order valence-electron chi connectivity index (χ0n) is 9.17. The van der Waals surface area contributed by atoms with E-state index in [-0.39, 0.29) is 5.84 Å². The lowest BCUT2D eigenvalue weighted by molar-refractivity contribution is 0.897. The third kappa shape index (κ3) is 1.67. The van der Waals surface area contributed by atoms with Crippen LogP contribution in [0.1, 0.15) is 23.2 Å². The van der Waals surface area contributed by atoms with Crippen LogP contribution in [-0.4, -0.2) is 24.9 Å². The second-order valence-electron chi connectivity index (χ2n) is 4.13. The van der Waals surface area contributed by atoms with Gasteiger partial charge in [-0.05, 0) is 30.9 Å². The maximum absolute atomic E-state index is 7.54. The molecule has 2 rings (SSSR count). The molecule has 0 fully saturated rings. The molecule has 3 N–H and O–H groups in total. The molecule has 0 unspecified atom stereocenters. The molecule has 4 nitrogen and oxygen atoms in total. The maximum atomic E-state index is 7.54. The Hall–Kier alpha value is -1.58. The van der Waals surface area contributed by atoms with Gasteiger partial charge in [-0.1, -0.05) is 0 Å². The van der Waals surface area contributed by atoms with Gasteiger partial charge >= 0.3 is 0 Å². The first-order valence-electron chi connectivity index (χ1n) is 5.14. The van der Waals surface area contributed by atoms with Crippen LogP contribution in [0.2, 0.25) is 0 Å². The number of aromatic nitrogens is 1. The lowest BCUT2D eigenvalue weighted by atomic mass is 10.1. The van der Waals surface area contributed by atoms with Crippen LogP contribution in [0, 0.1) is 5.41 Å². The molecule has 0 amide bonds. The Morgan fingerprint density at radius 3 is 2.80 bits per heavy atom. The monoisotopic (exact) mass is 204 g/mol. The topological polar surface area (TPSA) is 66.0 Å². The van der Waals surface area contributed by atoms with Crippen molar-refractivity contribution >= 4 is 11.7 Å². The fourth-order valence-corrected chi connectivity index (χ4v) is 2.00. The highest BCUT2D eigenvalue weighted by molar-refractivity contribution is 5.99. The van der Waals surface area contributed by atoms with E-state index < -0.39 is 0 Å². The van der Waals surface area contributed by atoms with E-state index in [2.05, 4.69) is 4.98 Å². The van der Waals surface area contributed by atoms with Gasteiger partial charge in [0.1, 0.15) is 11.7 Å². The molecule has 0 aromatic carbocycles. The molecule has 0 saturated carbocycles. The fourth-order valence-electron chi connectivity index (χ4n) is 2.00. The van der Waals surface area contributed by atoms with Gasteiger partial charge in [0.15, 0.2) is 0 Å². The largest absolute Gasteiger partial charge is 0.384 e.